The molecule has 4 nitrogen and oxygen atoms in total. The van der Waals surface area contributed by atoms with E-state index in [1.807, 2.05) is 13.0 Å². The number of benzene rings is 2. The van der Waals surface area contributed by atoms with Crippen LogP contribution in [0.5, 0.6) is 5.75 Å². The second-order valence-electron chi connectivity index (χ2n) is 4.75. The summed E-state index contributed by atoms with van der Waals surface area (Å²) in [6.45, 7) is 2.40. The topological polar surface area (TPSA) is 62.1 Å². The minimum atomic E-state index is -0.530. The molecule has 0 aromatic heterocycles. The number of hydrogen-bond acceptors (Lipinski definition) is 3. The highest BCUT2D eigenvalue weighted by atomic mass is 35.5. The molecule has 0 unspecified atom stereocenters. The Kier molecular flexibility index (Phi) is 6.25. The monoisotopic (exact) mass is 360 g/mol. The SMILES string of the molecule is CCOc1cccc(NC(=O)/C(C#N)=C/c2ccc(Cl)cc2Cl)c1. The summed E-state index contributed by atoms with van der Waals surface area (Å²) in [4.78, 5) is 12.3. The van der Waals surface area contributed by atoms with E-state index in [1.165, 1.54) is 6.08 Å². The first kappa shape index (κ1) is 17.9. The van der Waals surface area contributed by atoms with Gasteiger partial charge in [-0.3, -0.25) is 4.79 Å². The summed E-state index contributed by atoms with van der Waals surface area (Å²) >= 11 is 11.9. The van der Waals surface area contributed by atoms with Crippen LogP contribution in [0.4, 0.5) is 5.69 Å². The van der Waals surface area contributed by atoms with E-state index < -0.39 is 5.91 Å². The maximum Gasteiger partial charge on any atom is 0.266 e. The Balaban J connectivity index is 2.21. The minimum absolute atomic E-state index is 0.0685. The first-order valence-electron chi connectivity index (χ1n) is 7.14. The molecule has 1 amide bonds. The molecule has 2 rings (SSSR count). The number of carbonyl (C=O) groups is 1. The average molecular weight is 361 g/mol. The Morgan fingerprint density at radius 3 is 2.75 bits per heavy atom. The van der Waals surface area contributed by atoms with Crippen LogP contribution in [0, 0.1) is 11.3 Å². The highest BCUT2D eigenvalue weighted by Crippen LogP contribution is 2.24. The highest BCUT2D eigenvalue weighted by Gasteiger charge is 2.11. The molecule has 6 heteroatoms. The molecule has 122 valence electrons. The van der Waals surface area contributed by atoms with Gasteiger partial charge in [0.15, 0.2) is 0 Å². The molecule has 0 saturated heterocycles. The van der Waals surface area contributed by atoms with Gasteiger partial charge in [-0.05, 0) is 42.8 Å². The minimum Gasteiger partial charge on any atom is -0.494 e. The molecule has 0 heterocycles. The molecule has 24 heavy (non-hydrogen) atoms. The molecule has 0 saturated carbocycles. The number of nitrogens with one attached hydrogen (secondary N) is 1. The van der Waals surface area contributed by atoms with Crippen LogP contribution in [0.25, 0.3) is 6.08 Å². The molecule has 2 aromatic carbocycles. The molecule has 0 bridgehead atoms. The van der Waals surface area contributed by atoms with E-state index in [-0.39, 0.29) is 5.57 Å². The predicted molar refractivity (Wildman–Crippen MR) is 96.3 cm³/mol. The standard InChI is InChI=1S/C18H14Cl2N2O2/c1-2-24-16-5-3-4-15(10-16)22-18(23)13(11-21)8-12-6-7-14(19)9-17(12)20/h3-10H,2H2,1H3,(H,22,23)/b13-8+. The van der Waals surface area contributed by atoms with Crippen LogP contribution >= 0.6 is 23.2 Å². The first-order valence-corrected chi connectivity index (χ1v) is 7.90. The van der Waals surface area contributed by atoms with Gasteiger partial charge >= 0.3 is 0 Å². The van der Waals surface area contributed by atoms with E-state index >= 15 is 0 Å². The number of ether oxygens (including phenoxy) is 1. The van der Waals surface area contributed by atoms with Gasteiger partial charge in [-0.25, -0.2) is 0 Å². The van der Waals surface area contributed by atoms with Crippen LogP contribution in [0.3, 0.4) is 0 Å². The number of amides is 1. The van der Waals surface area contributed by atoms with Crippen LogP contribution in [-0.4, -0.2) is 12.5 Å². The summed E-state index contributed by atoms with van der Waals surface area (Å²) < 4.78 is 5.38. The van der Waals surface area contributed by atoms with Gasteiger partial charge in [-0.2, -0.15) is 5.26 Å². The van der Waals surface area contributed by atoms with E-state index in [1.54, 1.807) is 42.5 Å². The summed E-state index contributed by atoms with van der Waals surface area (Å²) in [5.41, 5.74) is 1.01. The normalized spacial score (nSPS) is 10.8. The molecule has 0 aliphatic carbocycles. The van der Waals surface area contributed by atoms with Crippen molar-refractivity contribution in [1.82, 2.24) is 0 Å². The number of nitrogens with zero attached hydrogens (tertiary/aromatic N) is 1. The summed E-state index contributed by atoms with van der Waals surface area (Å²) in [5, 5.41) is 12.8. The van der Waals surface area contributed by atoms with E-state index in [0.717, 1.165) is 0 Å². The fourth-order valence-corrected chi connectivity index (χ4v) is 2.41. The molecule has 0 aliphatic rings. The summed E-state index contributed by atoms with van der Waals surface area (Å²) in [6, 6.07) is 13.6. The zero-order valence-corrected chi connectivity index (χ0v) is 14.4. The van der Waals surface area contributed by atoms with Gasteiger partial charge in [0.2, 0.25) is 0 Å². The quantitative estimate of drug-likeness (QED) is 0.606. The third-order valence-corrected chi connectivity index (χ3v) is 3.59. The van der Waals surface area contributed by atoms with Gasteiger partial charge in [-0.15, -0.1) is 0 Å². The van der Waals surface area contributed by atoms with E-state index in [4.69, 9.17) is 27.9 Å². The van der Waals surface area contributed by atoms with Crippen molar-refractivity contribution < 1.29 is 9.53 Å². The number of rotatable bonds is 5. The maximum atomic E-state index is 12.3. The molecular weight excluding hydrogens is 347 g/mol. The lowest BCUT2D eigenvalue weighted by molar-refractivity contribution is -0.112. The van der Waals surface area contributed by atoms with E-state index in [2.05, 4.69) is 5.32 Å². The Morgan fingerprint density at radius 1 is 1.29 bits per heavy atom. The maximum absolute atomic E-state index is 12.3. The fraction of sp³-hybridized carbons (Fsp3) is 0.111. The highest BCUT2D eigenvalue weighted by molar-refractivity contribution is 6.35. The van der Waals surface area contributed by atoms with Gasteiger partial charge in [0, 0.05) is 21.8 Å². The molecule has 1 N–H and O–H groups in total. The largest absolute Gasteiger partial charge is 0.494 e. The molecule has 0 radical (unpaired) electrons. The van der Waals surface area contributed by atoms with Crippen molar-refractivity contribution >= 4 is 40.9 Å². The smallest absolute Gasteiger partial charge is 0.266 e. The Bertz CT molecular complexity index is 826. The second-order valence-corrected chi connectivity index (χ2v) is 5.59. The van der Waals surface area contributed by atoms with Crippen LogP contribution in [-0.2, 0) is 4.79 Å². The van der Waals surface area contributed by atoms with Crippen LogP contribution in [0.1, 0.15) is 12.5 Å². The average Bonchev–Trinajstić information content (AvgIpc) is 2.54. The van der Waals surface area contributed by atoms with Gasteiger partial charge < -0.3 is 10.1 Å². The predicted octanol–water partition coefficient (Wildman–Crippen LogP) is 4.94. The lowest BCUT2D eigenvalue weighted by Gasteiger charge is -2.07. The lowest BCUT2D eigenvalue weighted by atomic mass is 10.1. The summed E-state index contributed by atoms with van der Waals surface area (Å²) in [6.07, 6.45) is 1.42. The van der Waals surface area contributed by atoms with Crippen molar-refractivity contribution in [2.45, 2.75) is 6.92 Å². The van der Waals surface area contributed by atoms with E-state index in [9.17, 15) is 10.1 Å². The Labute approximate surface area is 150 Å². The van der Waals surface area contributed by atoms with Gasteiger partial charge in [0.05, 0.1) is 6.61 Å². The first-order chi connectivity index (χ1) is 11.5. The van der Waals surface area contributed by atoms with Crippen LogP contribution in [0.15, 0.2) is 48.0 Å². The number of hydrogen-bond donors (Lipinski definition) is 1. The van der Waals surface area contributed by atoms with Gasteiger partial charge in [0.1, 0.15) is 17.4 Å². The third-order valence-electron chi connectivity index (χ3n) is 3.03. The molecule has 0 aliphatic heterocycles. The number of halogens is 2. The third kappa shape index (κ3) is 4.76. The summed E-state index contributed by atoms with van der Waals surface area (Å²) in [7, 11) is 0. The van der Waals surface area contributed by atoms with Crippen molar-refractivity contribution in [2.75, 3.05) is 11.9 Å². The zero-order chi connectivity index (χ0) is 17.5. The summed E-state index contributed by atoms with van der Waals surface area (Å²) in [5.74, 6) is 0.107. The Morgan fingerprint density at radius 2 is 2.08 bits per heavy atom. The fourth-order valence-electron chi connectivity index (χ4n) is 1.95. The van der Waals surface area contributed by atoms with E-state index in [0.29, 0.717) is 33.7 Å². The molecule has 0 fully saturated rings. The molecule has 0 spiro atoms. The second kappa shape index (κ2) is 8.39. The van der Waals surface area contributed by atoms with Crippen molar-refractivity contribution in [2.24, 2.45) is 0 Å². The van der Waals surface area contributed by atoms with Gasteiger partial charge in [-0.1, -0.05) is 35.3 Å². The Hall–Kier alpha value is -2.48. The zero-order valence-electron chi connectivity index (χ0n) is 12.8. The number of nitriles is 1. The number of anilines is 1. The number of carbonyl (C=O) groups excluding carboxylic acids is 1. The van der Waals surface area contributed by atoms with Crippen molar-refractivity contribution in [3.8, 4) is 11.8 Å². The van der Waals surface area contributed by atoms with Crippen LogP contribution in [0.2, 0.25) is 10.0 Å². The lowest BCUT2D eigenvalue weighted by Crippen LogP contribution is -2.13. The van der Waals surface area contributed by atoms with Crippen molar-refractivity contribution in [1.29, 1.82) is 5.26 Å². The molecular formula is C18H14Cl2N2O2. The van der Waals surface area contributed by atoms with Gasteiger partial charge in [0.25, 0.3) is 5.91 Å². The van der Waals surface area contributed by atoms with Crippen LogP contribution < -0.4 is 10.1 Å². The van der Waals surface area contributed by atoms with Crippen molar-refractivity contribution in [3.05, 3.63) is 63.6 Å². The van der Waals surface area contributed by atoms with Crippen molar-refractivity contribution in [3.63, 3.8) is 0 Å². The molecule has 0 atom stereocenters. The molecule has 2 aromatic rings.